The van der Waals surface area contributed by atoms with Crippen LogP contribution in [0.1, 0.15) is 39.2 Å². The first kappa shape index (κ1) is 25.7. The van der Waals surface area contributed by atoms with E-state index in [0.717, 1.165) is 17.7 Å². The number of methoxy groups -OCH3 is 1. The van der Waals surface area contributed by atoms with E-state index in [2.05, 4.69) is 32.3 Å². The number of carboxylic acid groups (broad SMARTS) is 1. The molecule has 8 nitrogen and oxygen atoms in total. The summed E-state index contributed by atoms with van der Waals surface area (Å²) in [6.07, 6.45) is 2.02. The number of carboxylic acids is 1. The Morgan fingerprint density at radius 2 is 2.09 bits per heavy atom. The van der Waals surface area contributed by atoms with E-state index in [1.807, 2.05) is 24.3 Å². The summed E-state index contributed by atoms with van der Waals surface area (Å²) in [5.41, 5.74) is 1.17. The van der Waals surface area contributed by atoms with Crippen molar-refractivity contribution in [1.82, 2.24) is 9.80 Å². The second kappa shape index (κ2) is 11.9. The molecule has 1 heterocycles. The van der Waals surface area contributed by atoms with Crippen molar-refractivity contribution in [2.24, 2.45) is 5.41 Å². The van der Waals surface area contributed by atoms with Crippen molar-refractivity contribution in [3.63, 3.8) is 0 Å². The number of rotatable bonds is 11. The molecule has 1 aromatic carbocycles. The fraction of sp³-hybridized carbons (Fsp3) is 0.583. The molecular formula is C24H36N2O6. The van der Waals surface area contributed by atoms with Crippen molar-refractivity contribution >= 4 is 12.1 Å². The second-order valence-corrected chi connectivity index (χ2v) is 9.21. The highest BCUT2D eigenvalue weighted by Crippen LogP contribution is 2.26. The van der Waals surface area contributed by atoms with Crippen LogP contribution < -0.4 is 4.74 Å². The predicted molar refractivity (Wildman–Crippen MR) is 122 cm³/mol. The van der Waals surface area contributed by atoms with Crippen molar-refractivity contribution in [3.05, 3.63) is 42.5 Å². The zero-order chi connectivity index (χ0) is 23.7. The summed E-state index contributed by atoms with van der Waals surface area (Å²) < 4.78 is 16.4. The van der Waals surface area contributed by atoms with E-state index in [1.54, 1.807) is 7.11 Å². The normalized spacial score (nSPS) is 18.6. The van der Waals surface area contributed by atoms with Crippen molar-refractivity contribution < 1.29 is 28.9 Å². The lowest BCUT2D eigenvalue weighted by Crippen LogP contribution is -2.42. The van der Waals surface area contributed by atoms with Gasteiger partial charge in [-0.1, -0.05) is 45.6 Å². The Morgan fingerprint density at radius 3 is 2.72 bits per heavy atom. The van der Waals surface area contributed by atoms with Gasteiger partial charge in [0.25, 0.3) is 0 Å². The molecule has 0 aromatic heterocycles. The first-order chi connectivity index (χ1) is 15.1. The molecule has 1 N–H and O–H groups in total. The van der Waals surface area contributed by atoms with E-state index in [1.165, 1.54) is 11.0 Å². The number of ether oxygens (including phenoxy) is 3. The van der Waals surface area contributed by atoms with E-state index < -0.39 is 18.1 Å². The molecule has 0 radical (unpaired) electrons. The molecule has 1 saturated heterocycles. The molecule has 1 aliphatic heterocycles. The van der Waals surface area contributed by atoms with Gasteiger partial charge in [0.2, 0.25) is 0 Å². The van der Waals surface area contributed by atoms with Gasteiger partial charge < -0.3 is 19.3 Å². The van der Waals surface area contributed by atoms with Gasteiger partial charge in [0.1, 0.15) is 18.4 Å². The Labute approximate surface area is 190 Å². The maximum Gasteiger partial charge on any atom is 0.410 e. The summed E-state index contributed by atoms with van der Waals surface area (Å²) in [5.74, 6) is -0.293. The highest BCUT2D eigenvalue weighted by Gasteiger charge is 2.42. The zero-order valence-corrected chi connectivity index (χ0v) is 19.6. The van der Waals surface area contributed by atoms with Gasteiger partial charge in [0, 0.05) is 25.7 Å². The number of aliphatic carboxylic acids is 1. The molecule has 0 bridgehead atoms. The quantitative estimate of drug-likeness (QED) is 0.313. The van der Waals surface area contributed by atoms with Crippen LogP contribution in [0.4, 0.5) is 4.79 Å². The van der Waals surface area contributed by atoms with Crippen molar-refractivity contribution in [1.29, 1.82) is 0 Å². The molecule has 0 saturated carbocycles. The summed E-state index contributed by atoms with van der Waals surface area (Å²) in [6.45, 7) is 11.8. The Hall–Kier alpha value is -2.58. The van der Waals surface area contributed by atoms with Crippen LogP contribution in [-0.4, -0.2) is 72.7 Å². The first-order valence-electron chi connectivity index (χ1n) is 10.9. The standard InChI is InChI=1S/C24H36N2O6/c1-6-11-32-23(29)26-16-19(14-21(26)22(27)28)25(17-31-12-10-24(2,3)4)15-18-8-7-9-20(13-18)30-5/h6-9,13,19,21H,1,10-12,14-17H2,2-5H3,(H,27,28)/t19-,21-/m0/s1. The third-order valence-corrected chi connectivity index (χ3v) is 5.41. The molecule has 0 unspecified atom stereocenters. The highest BCUT2D eigenvalue weighted by molar-refractivity contribution is 5.81. The van der Waals surface area contributed by atoms with Crippen molar-refractivity contribution in [2.45, 2.75) is 52.2 Å². The monoisotopic (exact) mass is 448 g/mol. The third kappa shape index (κ3) is 7.84. The van der Waals surface area contributed by atoms with Crippen LogP contribution in [0.25, 0.3) is 0 Å². The lowest BCUT2D eigenvalue weighted by Gasteiger charge is -2.29. The maximum atomic E-state index is 12.4. The van der Waals surface area contributed by atoms with Crippen LogP contribution in [0.5, 0.6) is 5.75 Å². The summed E-state index contributed by atoms with van der Waals surface area (Å²) >= 11 is 0. The van der Waals surface area contributed by atoms with Gasteiger partial charge in [0.15, 0.2) is 0 Å². The summed E-state index contributed by atoms with van der Waals surface area (Å²) in [7, 11) is 1.62. The minimum atomic E-state index is -1.04. The molecule has 0 aliphatic carbocycles. The molecule has 2 atom stereocenters. The SMILES string of the molecule is C=CCOC(=O)N1C[C@@H](N(COCCC(C)(C)C)Cc2cccc(OC)c2)C[C@H]1C(=O)O. The van der Waals surface area contributed by atoms with Crippen LogP contribution in [0.3, 0.4) is 0 Å². The first-order valence-corrected chi connectivity index (χ1v) is 10.9. The van der Waals surface area contributed by atoms with Crippen LogP contribution in [-0.2, 0) is 20.8 Å². The Morgan fingerprint density at radius 1 is 1.34 bits per heavy atom. The van der Waals surface area contributed by atoms with E-state index in [4.69, 9.17) is 14.2 Å². The second-order valence-electron chi connectivity index (χ2n) is 9.21. The minimum Gasteiger partial charge on any atom is -0.497 e. The van der Waals surface area contributed by atoms with Crippen molar-refractivity contribution in [2.75, 3.05) is 33.6 Å². The number of carbonyl (C=O) groups excluding carboxylic acids is 1. The third-order valence-electron chi connectivity index (χ3n) is 5.41. The predicted octanol–water partition coefficient (Wildman–Crippen LogP) is 3.76. The number of hydrogen-bond donors (Lipinski definition) is 1. The van der Waals surface area contributed by atoms with Crippen LogP contribution in [0.15, 0.2) is 36.9 Å². The van der Waals surface area contributed by atoms with Gasteiger partial charge in [-0.2, -0.15) is 0 Å². The molecule has 2 rings (SSSR count). The van der Waals surface area contributed by atoms with E-state index >= 15 is 0 Å². The molecule has 32 heavy (non-hydrogen) atoms. The zero-order valence-electron chi connectivity index (χ0n) is 19.6. The number of benzene rings is 1. The summed E-state index contributed by atoms with van der Waals surface area (Å²) in [6, 6.07) is 6.60. The van der Waals surface area contributed by atoms with E-state index in [-0.39, 0.29) is 24.6 Å². The lowest BCUT2D eigenvalue weighted by atomic mass is 9.93. The molecule has 178 valence electrons. The van der Waals surface area contributed by atoms with Gasteiger partial charge >= 0.3 is 12.1 Å². The molecule has 1 fully saturated rings. The van der Waals surface area contributed by atoms with Crippen LogP contribution >= 0.6 is 0 Å². The number of carbonyl (C=O) groups is 2. The molecule has 0 spiro atoms. The molecule has 1 aliphatic rings. The smallest absolute Gasteiger partial charge is 0.410 e. The van der Waals surface area contributed by atoms with Crippen LogP contribution in [0, 0.1) is 5.41 Å². The van der Waals surface area contributed by atoms with Gasteiger partial charge in [-0.15, -0.1) is 0 Å². The number of nitrogens with zero attached hydrogens (tertiary/aromatic N) is 2. The van der Waals surface area contributed by atoms with Gasteiger partial charge in [-0.25, -0.2) is 9.59 Å². The summed E-state index contributed by atoms with van der Waals surface area (Å²) in [4.78, 5) is 27.6. The number of likely N-dealkylation sites (tertiary alicyclic amines) is 1. The fourth-order valence-corrected chi connectivity index (χ4v) is 3.57. The Balaban J connectivity index is 2.15. The largest absolute Gasteiger partial charge is 0.497 e. The maximum absolute atomic E-state index is 12.4. The average molecular weight is 449 g/mol. The van der Waals surface area contributed by atoms with Gasteiger partial charge in [-0.05, 0) is 36.0 Å². The van der Waals surface area contributed by atoms with Crippen molar-refractivity contribution in [3.8, 4) is 5.75 Å². The molecule has 1 aromatic rings. The molecular weight excluding hydrogens is 412 g/mol. The molecule has 8 heteroatoms. The molecule has 1 amide bonds. The van der Waals surface area contributed by atoms with Gasteiger partial charge in [-0.3, -0.25) is 9.80 Å². The average Bonchev–Trinajstić information content (AvgIpc) is 3.19. The highest BCUT2D eigenvalue weighted by atomic mass is 16.6. The summed E-state index contributed by atoms with van der Waals surface area (Å²) in [5, 5.41) is 9.68. The van der Waals surface area contributed by atoms with E-state index in [0.29, 0.717) is 26.3 Å². The minimum absolute atomic E-state index is 0.0375. The number of hydrogen-bond acceptors (Lipinski definition) is 6. The van der Waals surface area contributed by atoms with E-state index in [9.17, 15) is 14.7 Å². The van der Waals surface area contributed by atoms with Crippen LogP contribution in [0.2, 0.25) is 0 Å². The fourth-order valence-electron chi connectivity index (χ4n) is 3.57. The topological polar surface area (TPSA) is 88.5 Å². The van der Waals surface area contributed by atoms with Gasteiger partial charge in [0.05, 0.1) is 13.8 Å². The Bertz CT molecular complexity index is 776. The Kier molecular flexibility index (Phi) is 9.53. The number of amides is 1. The lowest BCUT2D eigenvalue weighted by molar-refractivity contribution is -0.141.